The Kier molecular flexibility index (Phi) is 5.92. The highest BCUT2D eigenvalue weighted by atomic mass is 32.2. The van der Waals surface area contributed by atoms with Gasteiger partial charge in [0.1, 0.15) is 5.82 Å². The predicted molar refractivity (Wildman–Crippen MR) is 130 cm³/mol. The van der Waals surface area contributed by atoms with E-state index in [-0.39, 0.29) is 5.82 Å². The van der Waals surface area contributed by atoms with Crippen molar-refractivity contribution in [3.05, 3.63) is 130 Å². The molecular weight excluding hydrogens is 403 g/mol. The van der Waals surface area contributed by atoms with Crippen molar-refractivity contribution in [2.45, 2.75) is 25.3 Å². The second-order valence-corrected chi connectivity index (χ2v) is 9.22. The average Bonchev–Trinajstić information content (AvgIpc) is 3.05. The van der Waals surface area contributed by atoms with Crippen LogP contribution in [0.4, 0.5) is 4.39 Å². The Bertz CT molecular complexity index is 1100. The lowest BCUT2D eigenvalue weighted by Gasteiger charge is -2.35. The maximum atomic E-state index is 15.2. The monoisotopic (exact) mass is 430 g/mol. The van der Waals surface area contributed by atoms with Gasteiger partial charge in [-0.05, 0) is 47.8 Å². The highest BCUT2D eigenvalue weighted by Crippen LogP contribution is 2.48. The Morgan fingerprint density at radius 1 is 1.10 bits per heavy atom. The summed E-state index contributed by atoms with van der Waals surface area (Å²) in [5.74, 6) is -0.195. The Balaban J connectivity index is 1.61. The van der Waals surface area contributed by atoms with Crippen molar-refractivity contribution in [2.75, 3.05) is 6.54 Å². The number of nitrogens with one attached hydrogen (secondary N) is 1. The summed E-state index contributed by atoms with van der Waals surface area (Å²) in [5, 5.41) is 4.34. The third-order valence-corrected chi connectivity index (χ3v) is 6.94. The molecule has 4 heteroatoms. The summed E-state index contributed by atoms with van der Waals surface area (Å²) in [5.41, 5.74) is 4.21. The normalized spacial score (nSPS) is 20.8. The van der Waals surface area contributed by atoms with Crippen LogP contribution in [0.15, 0.2) is 108 Å². The molecule has 2 nitrogen and oxygen atoms in total. The van der Waals surface area contributed by atoms with E-state index in [0.717, 1.165) is 38.9 Å². The molecule has 0 aromatic heterocycles. The summed E-state index contributed by atoms with van der Waals surface area (Å²) in [6, 6.07) is 15.5. The minimum Gasteiger partial charge on any atom is -0.366 e. The Morgan fingerprint density at radius 3 is 2.55 bits per heavy atom. The van der Waals surface area contributed by atoms with Crippen molar-refractivity contribution < 1.29 is 4.39 Å². The summed E-state index contributed by atoms with van der Waals surface area (Å²) < 4.78 is 15.2. The lowest BCUT2D eigenvalue weighted by Crippen LogP contribution is -2.40. The van der Waals surface area contributed by atoms with E-state index < -0.39 is 5.54 Å². The van der Waals surface area contributed by atoms with Crippen molar-refractivity contribution in [3.8, 4) is 0 Å². The van der Waals surface area contributed by atoms with Gasteiger partial charge in [-0.1, -0.05) is 80.0 Å². The minimum absolute atomic E-state index is 0.195. The molecule has 1 saturated heterocycles. The largest absolute Gasteiger partial charge is 0.366 e. The van der Waals surface area contributed by atoms with E-state index in [4.69, 9.17) is 0 Å². The lowest BCUT2D eigenvalue weighted by atomic mass is 9.85. The van der Waals surface area contributed by atoms with E-state index in [9.17, 15) is 0 Å². The van der Waals surface area contributed by atoms with Gasteiger partial charge in [0, 0.05) is 29.8 Å². The van der Waals surface area contributed by atoms with Gasteiger partial charge in [0.05, 0.1) is 10.6 Å². The third-order valence-electron chi connectivity index (χ3n) is 6.00. The maximum Gasteiger partial charge on any atom is 0.127 e. The zero-order valence-corrected chi connectivity index (χ0v) is 18.6. The summed E-state index contributed by atoms with van der Waals surface area (Å²) in [4.78, 5) is 3.07. The van der Waals surface area contributed by atoms with Crippen LogP contribution >= 0.6 is 11.8 Å². The van der Waals surface area contributed by atoms with Gasteiger partial charge in [0.2, 0.25) is 0 Å². The maximum absolute atomic E-state index is 15.2. The summed E-state index contributed by atoms with van der Waals surface area (Å²) in [6.07, 6.45) is 7.40. The van der Waals surface area contributed by atoms with Gasteiger partial charge < -0.3 is 10.2 Å². The highest BCUT2D eigenvalue weighted by molar-refractivity contribution is 8.07. The Morgan fingerprint density at radius 2 is 1.87 bits per heavy atom. The van der Waals surface area contributed by atoms with Crippen LogP contribution in [-0.2, 0) is 12.0 Å². The van der Waals surface area contributed by atoms with Crippen LogP contribution in [0.25, 0.3) is 0 Å². The molecule has 31 heavy (non-hydrogen) atoms. The zero-order valence-electron chi connectivity index (χ0n) is 17.8. The van der Waals surface area contributed by atoms with Crippen molar-refractivity contribution in [3.63, 3.8) is 0 Å². The topological polar surface area (TPSA) is 15.3 Å². The number of rotatable bonds is 6. The van der Waals surface area contributed by atoms with Crippen LogP contribution in [0.3, 0.4) is 0 Å². The fourth-order valence-corrected chi connectivity index (χ4v) is 5.09. The van der Waals surface area contributed by atoms with Crippen molar-refractivity contribution in [1.82, 2.24) is 10.2 Å². The number of nitrogens with zero attached hydrogens (tertiary/aromatic N) is 1. The summed E-state index contributed by atoms with van der Waals surface area (Å²) in [6.45, 7) is 15.4. The first-order valence-corrected chi connectivity index (χ1v) is 11.2. The molecule has 1 unspecified atom stereocenters. The molecule has 2 aromatic carbocycles. The summed E-state index contributed by atoms with van der Waals surface area (Å²) in [7, 11) is 0. The molecule has 2 aliphatic rings. The Labute approximate surface area is 188 Å². The molecule has 0 aliphatic carbocycles. The molecule has 0 radical (unpaired) electrons. The van der Waals surface area contributed by atoms with Crippen LogP contribution in [0, 0.1) is 5.82 Å². The number of hydrogen-bond donors (Lipinski definition) is 1. The van der Waals surface area contributed by atoms with Gasteiger partial charge in [0.25, 0.3) is 0 Å². The molecule has 2 aromatic rings. The van der Waals surface area contributed by atoms with Crippen LogP contribution in [-0.4, -0.2) is 11.4 Å². The van der Waals surface area contributed by atoms with E-state index in [1.54, 1.807) is 6.07 Å². The fraction of sp³-hybridized carbons (Fsp3) is 0.185. The zero-order chi connectivity index (χ0) is 22.0. The molecule has 1 fully saturated rings. The van der Waals surface area contributed by atoms with Crippen molar-refractivity contribution in [2.24, 2.45) is 0 Å². The lowest BCUT2D eigenvalue weighted by molar-refractivity contribution is 0.359. The predicted octanol–water partition coefficient (Wildman–Crippen LogP) is 6.61. The average molecular weight is 431 g/mol. The first-order valence-electron chi connectivity index (χ1n) is 10.4. The highest BCUT2D eigenvalue weighted by Gasteiger charge is 2.41. The van der Waals surface area contributed by atoms with Gasteiger partial charge >= 0.3 is 0 Å². The molecule has 0 saturated carbocycles. The molecule has 0 bridgehead atoms. The minimum atomic E-state index is -0.572. The molecule has 2 aliphatic heterocycles. The van der Waals surface area contributed by atoms with E-state index in [1.807, 2.05) is 54.7 Å². The first-order chi connectivity index (χ1) is 14.9. The molecule has 1 atom stereocenters. The van der Waals surface area contributed by atoms with Crippen LogP contribution in [0.1, 0.15) is 30.0 Å². The quantitative estimate of drug-likeness (QED) is 0.555. The van der Waals surface area contributed by atoms with Crippen molar-refractivity contribution >= 4 is 11.8 Å². The molecule has 4 rings (SSSR count). The van der Waals surface area contributed by atoms with E-state index in [0.29, 0.717) is 18.4 Å². The van der Waals surface area contributed by atoms with Gasteiger partial charge in [0.15, 0.2) is 0 Å². The SMILES string of the molecule is C=C1NC(CCN2C=CC=C(C)C2=C)(c2ccc(Cc3ccccc3)c(F)c2)C(=C)S1. The molecule has 0 spiro atoms. The van der Waals surface area contributed by atoms with E-state index in [1.165, 1.54) is 11.8 Å². The molecular formula is C27H27FN2S. The number of allylic oxidation sites excluding steroid dienone is 3. The van der Waals surface area contributed by atoms with E-state index in [2.05, 4.69) is 43.0 Å². The number of thioether (sulfide) groups is 1. The fourth-order valence-electron chi connectivity index (χ4n) is 4.12. The molecule has 1 N–H and O–H groups in total. The van der Waals surface area contributed by atoms with Gasteiger partial charge in [-0.15, -0.1) is 0 Å². The van der Waals surface area contributed by atoms with Crippen LogP contribution in [0.5, 0.6) is 0 Å². The third kappa shape index (κ3) is 4.26. The Hall–Kier alpha value is -2.98. The van der Waals surface area contributed by atoms with Gasteiger partial charge in [-0.25, -0.2) is 4.39 Å². The molecule has 158 valence electrons. The second-order valence-electron chi connectivity index (χ2n) is 8.03. The van der Waals surface area contributed by atoms with Crippen LogP contribution in [0.2, 0.25) is 0 Å². The molecule has 2 heterocycles. The molecule has 0 amide bonds. The van der Waals surface area contributed by atoms with Crippen LogP contribution < -0.4 is 5.32 Å². The smallest absolute Gasteiger partial charge is 0.127 e. The first kappa shape index (κ1) is 21.3. The van der Waals surface area contributed by atoms with Crippen molar-refractivity contribution in [1.29, 1.82) is 0 Å². The number of halogens is 1. The van der Waals surface area contributed by atoms with Gasteiger partial charge in [-0.3, -0.25) is 0 Å². The number of hydrogen-bond acceptors (Lipinski definition) is 3. The van der Waals surface area contributed by atoms with E-state index >= 15 is 4.39 Å². The standard InChI is InChI=1S/C27H27FN2S/c1-19-9-8-15-30(20(19)2)16-14-27(21(3)31-22(4)29-27)25-13-12-24(26(28)18-25)17-23-10-6-5-7-11-23/h5-13,15,18,29H,2-4,14,16-17H2,1H3. The second kappa shape index (κ2) is 8.64. The summed E-state index contributed by atoms with van der Waals surface area (Å²) >= 11 is 1.53. The number of benzene rings is 2. The van der Waals surface area contributed by atoms with Gasteiger partial charge in [-0.2, -0.15) is 0 Å².